The Morgan fingerprint density at radius 2 is 1.89 bits per heavy atom. The molecule has 8 heteroatoms. The first-order valence-electron chi connectivity index (χ1n) is 5.69. The molecule has 105 valence electrons. The van der Waals surface area contributed by atoms with Gasteiger partial charge in [-0.25, -0.2) is 4.79 Å². The van der Waals surface area contributed by atoms with Crippen LogP contribution in [0.15, 0.2) is 5.29 Å². The number of carbonyl (C=O) groups is 1. The molecule has 1 N–H and O–H groups in total. The summed E-state index contributed by atoms with van der Waals surface area (Å²) in [5.74, 6) is 0.212. The van der Waals surface area contributed by atoms with Crippen molar-refractivity contribution >= 4 is 40.8 Å². The van der Waals surface area contributed by atoms with E-state index in [9.17, 15) is 9.70 Å². The molecule has 1 aliphatic rings. The second-order valence-electron chi connectivity index (χ2n) is 3.76. The molecule has 1 saturated carbocycles. The first kappa shape index (κ1) is 17.7. The van der Waals surface area contributed by atoms with Crippen molar-refractivity contribution in [3.63, 3.8) is 0 Å². The standard InChI is InChI=1S/C9H16ClN3O2.CHCl2/c10-6-7-13(12-15)9(14)11-8-4-2-1-3-5-8;2-1-3/h8H,1-7H2,(H,11,14);1H. The van der Waals surface area contributed by atoms with Gasteiger partial charge in [0.1, 0.15) is 5.34 Å². The molecule has 5 nitrogen and oxygen atoms in total. The number of amides is 2. The predicted octanol–water partition coefficient (Wildman–Crippen LogP) is 3.83. The first-order chi connectivity index (χ1) is 8.69. The van der Waals surface area contributed by atoms with Gasteiger partial charge in [-0.15, -0.1) is 39.7 Å². The van der Waals surface area contributed by atoms with Gasteiger partial charge in [0.2, 0.25) is 0 Å². The molecule has 0 aliphatic heterocycles. The van der Waals surface area contributed by atoms with E-state index in [2.05, 4.69) is 33.8 Å². The minimum absolute atomic E-state index is 0.156. The van der Waals surface area contributed by atoms with E-state index in [0.717, 1.165) is 36.0 Å². The van der Waals surface area contributed by atoms with Crippen LogP contribution in [0.2, 0.25) is 0 Å². The number of nitrogens with zero attached hydrogens (tertiary/aromatic N) is 2. The van der Waals surface area contributed by atoms with E-state index in [1.54, 1.807) is 0 Å². The quantitative estimate of drug-likeness (QED) is 0.486. The fourth-order valence-electron chi connectivity index (χ4n) is 1.76. The smallest absolute Gasteiger partial charge is 0.334 e. The maximum Gasteiger partial charge on any atom is 0.340 e. The number of urea groups is 1. The van der Waals surface area contributed by atoms with Crippen LogP contribution < -0.4 is 5.32 Å². The van der Waals surface area contributed by atoms with Crippen molar-refractivity contribution in [2.75, 3.05) is 12.4 Å². The number of alkyl halides is 1. The van der Waals surface area contributed by atoms with Crippen molar-refractivity contribution < 1.29 is 4.79 Å². The van der Waals surface area contributed by atoms with Gasteiger partial charge in [0.25, 0.3) is 0 Å². The summed E-state index contributed by atoms with van der Waals surface area (Å²) in [7, 11) is 0. The topological polar surface area (TPSA) is 61.8 Å². The van der Waals surface area contributed by atoms with Gasteiger partial charge < -0.3 is 5.32 Å². The van der Waals surface area contributed by atoms with Crippen molar-refractivity contribution in [3.8, 4) is 0 Å². The van der Waals surface area contributed by atoms with Crippen LogP contribution in [0.5, 0.6) is 0 Å². The highest BCUT2D eigenvalue weighted by Crippen LogP contribution is 2.17. The van der Waals surface area contributed by atoms with Crippen LogP contribution in [0.3, 0.4) is 0 Å². The first-order valence-corrected chi connectivity index (χ1v) is 7.09. The molecule has 0 aromatic heterocycles. The van der Waals surface area contributed by atoms with Crippen molar-refractivity contribution in [3.05, 3.63) is 10.2 Å². The number of hydrogen-bond acceptors (Lipinski definition) is 3. The second-order valence-corrected chi connectivity index (χ2v) is 4.80. The Hall–Kier alpha value is -0.260. The van der Waals surface area contributed by atoms with Crippen LogP contribution >= 0.6 is 34.8 Å². The van der Waals surface area contributed by atoms with Gasteiger partial charge in [-0.05, 0) is 12.8 Å². The van der Waals surface area contributed by atoms with E-state index in [-0.39, 0.29) is 18.5 Å². The van der Waals surface area contributed by atoms with Gasteiger partial charge in [-0.3, -0.25) is 0 Å². The lowest BCUT2D eigenvalue weighted by molar-refractivity contribution is 0.194. The van der Waals surface area contributed by atoms with Crippen molar-refractivity contribution in [2.45, 2.75) is 38.1 Å². The zero-order valence-electron chi connectivity index (χ0n) is 9.95. The predicted molar refractivity (Wildman–Crippen MR) is 74.6 cm³/mol. The fourth-order valence-corrected chi connectivity index (χ4v) is 1.92. The third-order valence-corrected chi connectivity index (χ3v) is 2.73. The number of carbonyl (C=O) groups excluding carboxylic acids is 1. The lowest BCUT2D eigenvalue weighted by Crippen LogP contribution is -2.43. The highest BCUT2D eigenvalue weighted by Gasteiger charge is 2.19. The number of hydrogen-bond donors (Lipinski definition) is 1. The summed E-state index contributed by atoms with van der Waals surface area (Å²) >= 11 is 14.7. The molecule has 0 spiro atoms. The highest BCUT2D eigenvalue weighted by molar-refractivity contribution is 6.47. The molecule has 0 unspecified atom stereocenters. The molecule has 1 aliphatic carbocycles. The Kier molecular flexibility index (Phi) is 11.6. The normalized spacial score (nSPS) is 15.3. The Morgan fingerprint density at radius 3 is 2.33 bits per heavy atom. The van der Waals surface area contributed by atoms with Crippen molar-refractivity contribution in [2.24, 2.45) is 5.29 Å². The Balaban J connectivity index is 0.000000873. The fraction of sp³-hybridized carbons (Fsp3) is 0.800. The van der Waals surface area contributed by atoms with Gasteiger partial charge in [-0.1, -0.05) is 19.3 Å². The average Bonchev–Trinajstić information content (AvgIpc) is 2.38. The monoisotopic (exact) mass is 316 g/mol. The maximum atomic E-state index is 11.5. The van der Waals surface area contributed by atoms with Crippen LogP contribution in [0.4, 0.5) is 4.79 Å². The van der Waals surface area contributed by atoms with Gasteiger partial charge in [0.15, 0.2) is 0 Å². The number of halogens is 3. The second kappa shape index (κ2) is 11.8. The third-order valence-electron chi connectivity index (χ3n) is 2.56. The molecule has 1 radical (unpaired) electrons. The van der Waals surface area contributed by atoms with Crippen molar-refractivity contribution in [1.29, 1.82) is 0 Å². The van der Waals surface area contributed by atoms with E-state index >= 15 is 0 Å². The van der Waals surface area contributed by atoms with Gasteiger partial charge >= 0.3 is 6.03 Å². The summed E-state index contributed by atoms with van der Waals surface area (Å²) in [6.07, 6.45) is 5.46. The van der Waals surface area contributed by atoms with Crippen LogP contribution in [0.1, 0.15) is 32.1 Å². The minimum atomic E-state index is -0.433. The summed E-state index contributed by atoms with van der Waals surface area (Å²) in [4.78, 5) is 21.8. The van der Waals surface area contributed by atoms with Crippen LogP contribution in [-0.4, -0.2) is 29.5 Å². The average molecular weight is 318 g/mol. The van der Waals surface area contributed by atoms with E-state index in [1.807, 2.05) is 0 Å². The van der Waals surface area contributed by atoms with E-state index in [1.165, 1.54) is 6.42 Å². The molecule has 0 heterocycles. The lowest BCUT2D eigenvalue weighted by Gasteiger charge is -2.24. The highest BCUT2D eigenvalue weighted by atomic mass is 35.5. The molecule has 0 aromatic carbocycles. The summed E-state index contributed by atoms with van der Waals surface area (Å²) in [6, 6.07) is -0.247. The Bertz CT molecular complexity index is 238. The van der Waals surface area contributed by atoms with Crippen LogP contribution in [-0.2, 0) is 0 Å². The molecule has 1 rings (SSSR count). The summed E-state index contributed by atoms with van der Waals surface area (Å²) in [6.45, 7) is 0.156. The summed E-state index contributed by atoms with van der Waals surface area (Å²) in [5, 5.41) is 7.20. The summed E-state index contributed by atoms with van der Waals surface area (Å²) < 4.78 is 0. The molecule has 0 bridgehead atoms. The van der Waals surface area contributed by atoms with Crippen LogP contribution in [0.25, 0.3) is 0 Å². The molecular weight excluding hydrogens is 300 g/mol. The Labute approximate surface area is 122 Å². The molecule has 2 amide bonds. The summed E-state index contributed by atoms with van der Waals surface area (Å²) in [5.41, 5.74) is 0. The molecule has 1 fully saturated rings. The Morgan fingerprint density at radius 1 is 1.33 bits per heavy atom. The zero-order chi connectivity index (χ0) is 13.8. The van der Waals surface area contributed by atoms with Crippen molar-refractivity contribution in [1.82, 2.24) is 10.3 Å². The van der Waals surface area contributed by atoms with E-state index < -0.39 is 6.03 Å². The molecule has 0 aromatic rings. The number of nitroso groups, excluding NO2 is 1. The molecule has 18 heavy (non-hydrogen) atoms. The van der Waals surface area contributed by atoms with E-state index in [4.69, 9.17) is 11.6 Å². The minimum Gasteiger partial charge on any atom is -0.334 e. The molecular formula is C10H17Cl3N3O2. The third kappa shape index (κ3) is 7.95. The maximum absolute atomic E-state index is 11.5. The largest absolute Gasteiger partial charge is 0.340 e. The molecule has 0 saturated heterocycles. The van der Waals surface area contributed by atoms with Gasteiger partial charge in [0, 0.05) is 11.9 Å². The van der Waals surface area contributed by atoms with E-state index in [0.29, 0.717) is 0 Å². The lowest BCUT2D eigenvalue weighted by atomic mass is 9.96. The SMILES string of the molecule is Cl[CH]Cl.O=NN(CCCl)C(=O)NC1CCCCC1. The van der Waals surface area contributed by atoms with Gasteiger partial charge in [-0.2, -0.15) is 5.01 Å². The van der Waals surface area contributed by atoms with Gasteiger partial charge in [0.05, 0.1) is 11.8 Å². The number of rotatable bonds is 4. The van der Waals surface area contributed by atoms with Crippen LogP contribution in [0, 0.1) is 10.2 Å². The number of nitrogens with one attached hydrogen (secondary N) is 1. The zero-order valence-corrected chi connectivity index (χ0v) is 12.2. The molecule has 0 atom stereocenters.